The van der Waals surface area contributed by atoms with Gasteiger partial charge in [-0.25, -0.2) is 9.97 Å². The van der Waals surface area contributed by atoms with Gasteiger partial charge in [-0.2, -0.15) is 0 Å². The minimum atomic E-state index is -0.246. The maximum Gasteiger partial charge on any atom is 0.253 e. The molecule has 0 saturated carbocycles. The first-order valence-corrected chi connectivity index (χ1v) is 8.38. The van der Waals surface area contributed by atoms with Crippen LogP contribution in [0, 0.1) is 5.92 Å². The van der Waals surface area contributed by atoms with Gasteiger partial charge in [-0.15, -0.1) is 0 Å². The third kappa shape index (κ3) is 3.85. The van der Waals surface area contributed by atoms with Gasteiger partial charge < -0.3 is 10.4 Å². The van der Waals surface area contributed by atoms with Gasteiger partial charge in [-0.1, -0.05) is 26.0 Å². The molecule has 2 aromatic heterocycles. The van der Waals surface area contributed by atoms with E-state index in [0.717, 1.165) is 17.5 Å². The summed E-state index contributed by atoms with van der Waals surface area (Å²) in [7, 11) is 0. The summed E-state index contributed by atoms with van der Waals surface area (Å²) in [6.07, 6.45) is 4.00. The van der Waals surface area contributed by atoms with Crippen LogP contribution in [0.1, 0.15) is 30.6 Å². The Morgan fingerprint density at radius 3 is 2.68 bits per heavy atom. The number of rotatable bonds is 6. The number of imidazole rings is 1. The number of amides is 1. The number of carbonyl (C=O) groups excluding carboxylic acids is 1. The second kappa shape index (κ2) is 7.44. The quantitative estimate of drug-likeness (QED) is 0.724. The third-order valence-corrected chi connectivity index (χ3v) is 4.02. The van der Waals surface area contributed by atoms with Crippen molar-refractivity contribution >= 4 is 16.9 Å². The molecule has 0 spiro atoms. The molecule has 1 amide bonds. The summed E-state index contributed by atoms with van der Waals surface area (Å²) in [5, 5.41) is 12.2. The van der Waals surface area contributed by atoms with E-state index in [-0.39, 0.29) is 18.6 Å². The monoisotopic (exact) mass is 338 g/mol. The van der Waals surface area contributed by atoms with Crippen molar-refractivity contribution in [1.29, 1.82) is 0 Å². The second-order valence-electron chi connectivity index (χ2n) is 6.49. The van der Waals surface area contributed by atoms with Crippen molar-refractivity contribution in [3.63, 3.8) is 0 Å². The fourth-order valence-electron chi connectivity index (χ4n) is 2.82. The zero-order valence-electron chi connectivity index (χ0n) is 14.4. The zero-order chi connectivity index (χ0) is 17.8. The van der Waals surface area contributed by atoms with Gasteiger partial charge in [0.15, 0.2) is 0 Å². The number of fused-ring (bicyclic) bond motifs is 1. The Morgan fingerprint density at radius 1 is 1.20 bits per heavy atom. The summed E-state index contributed by atoms with van der Waals surface area (Å²) in [5.74, 6) is 0.868. The third-order valence-electron chi connectivity index (χ3n) is 4.02. The van der Waals surface area contributed by atoms with Crippen LogP contribution in [0.2, 0.25) is 0 Å². The lowest BCUT2D eigenvalue weighted by Crippen LogP contribution is -2.38. The molecule has 0 aliphatic heterocycles. The molecule has 0 fully saturated rings. The molecule has 0 aliphatic carbocycles. The number of benzene rings is 1. The van der Waals surface area contributed by atoms with Gasteiger partial charge in [0.05, 0.1) is 29.2 Å². The molecule has 25 heavy (non-hydrogen) atoms. The van der Waals surface area contributed by atoms with Crippen molar-refractivity contribution < 1.29 is 9.90 Å². The van der Waals surface area contributed by atoms with Crippen molar-refractivity contribution in [3.8, 4) is 5.82 Å². The van der Waals surface area contributed by atoms with Crippen molar-refractivity contribution in [3.05, 3.63) is 54.5 Å². The summed E-state index contributed by atoms with van der Waals surface area (Å²) in [6, 6.07) is 11.1. The average Bonchev–Trinajstić information content (AvgIpc) is 3.05. The number of aliphatic hydroxyl groups excluding tert-OH is 1. The fourth-order valence-corrected chi connectivity index (χ4v) is 2.82. The average molecular weight is 338 g/mol. The molecule has 0 radical (unpaired) electrons. The molecule has 1 aromatic carbocycles. The first-order valence-electron chi connectivity index (χ1n) is 8.38. The highest BCUT2D eigenvalue weighted by atomic mass is 16.3. The Balaban J connectivity index is 1.77. The topological polar surface area (TPSA) is 80.0 Å². The molecule has 0 saturated heterocycles. The summed E-state index contributed by atoms with van der Waals surface area (Å²) < 4.78 is 1.88. The van der Waals surface area contributed by atoms with Crippen LogP contribution in [0.25, 0.3) is 16.9 Å². The standard InChI is InChI=1S/C19H22N4O2/c1-13(2)9-15(11-24)22-19(25)14-7-8-18(20-10-14)23-12-21-16-5-3-4-6-17(16)23/h3-8,10,12-13,15,24H,9,11H2,1-2H3,(H,22,25). The van der Waals surface area contributed by atoms with E-state index in [1.54, 1.807) is 24.7 Å². The Morgan fingerprint density at radius 2 is 2.00 bits per heavy atom. The molecule has 3 rings (SSSR count). The molecule has 130 valence electrons. The van der Waals surface area contributed by atoms with E-state index in [9.17, 15) is 9.90 Å². The van der Waals surface area contributed by atoms with Crippen molar-refractivity contribution in [2.45, 2.75) is 26.3 Å². The summed E-state index contributed by atoms with van der Waals surface area (Å²) in [6.45, 7) is 4.04. The van der Waals surface area contributed by atoms with E-state index in [0.29, 0.717) is 17.3 Å². The SMILES string of the molecule is CC(C)CC(CO)NC(=O)c1ccc(-n2cnc3ccccc32)nc1. The number of aromatic nitrogens is 3. The van der Waals surface area contributed by atoms with E-state index >= 15 is 0 Å². The van der Waals surface area contributed by atoms with Gasteiger partial charge in [0, 0.05) is 6.20 Å². The van der Waals surface area contributed by atoms with E-state index in [1.807, 2.05) is 28.8 Å². The van der Waals surface area contributed by atoms with Gasteiger partial charge in [-0.3, -0.25) is 9.36 Å². The molecular weight excluding hydrogens is 316 g/mol. The largest absolute Gasteiger partial charge is 0.394 e. The number of pyridine rings is 1. The van der Waals surface area contributed by atoms with Gasteiger partial charge >= 0.3 is 0 Å². The molecule has 6 nitrogen and oxygen atoms in total. The van der Waals surface area contributed by atoms with Crippen LogP contribution in [0.4, 0.5) is 0 Å². The lowest BCUT2D eigenvalue weighted by molar-refractivity contribution is 0.0908. The van der Waals surface area contributed by atoms with Crippen LogP contribution < -0.4 is 5.32 Å². The molecule has 1 atom stereocenters. The molecule has 1 unspecified atom stereocenters. The smallest absolute Gasteiger partial charge is 0.253 e. The number of para-hydroxylation sites is 2. The lowest BCUT2D eigenvalue weighted by atomic mass is 10.0. The minimum Gasteiger partial charge on any atom is -0.394 e. The molecule has 0 aliphatic rings. The highest BCUT2D eigenvalue weighted by molar-refractivity contribution is 5.94. The van der Waals surface area contributed by atoms with Crippen LogP contribution in [-0.2, 0) is 0 Å². The number of nitrogens with one attached hydrogen (secondary N) is 1. The highest BCUT2D eigenvalue weighted by Gasteiger charge is 2.15. The number of nitrogens with zero attached hydrogens (tertiary/aromatic N) is 3. The Kier molecular flexibility index (Phi) is 5.09. The molecule has 6 heteroatoms. The van der Waals surface area contributed by atoms with Gasteiger partial charge in [-0.05, 0) is 36.6 Å². The molecular formula is C19H22N4O2. The van der Waals surface area contributed by atoms with Crippen LogP contribution in [0.3, 0.4) is 0 Å². The van der Waals surface area contributed by atoms with Crippen LogP contribution in [0.15, 0.2) is 48.9 Å². The molecule has 2 heterocycles. The maximum absolute atomic E-state index is 12.3. The maximum atomic E-state index is 12.3. The van der Waals surface area contributed by atoms with E-state index < -0.39 is 0 Å². The Bertz CT molecular complexity index is 855. The summed E-state index contributed by atoms with van der Waals surface area (Å²) in [4.78, 5) is 21.1. The van der Waals surface area contributed by atoms with Gasteiger partial charge in [0.1, 0.15) is 12.1 Å². The second-order valence-corrected chi connectivity index (χ2v) is 6.49. The first-order chi connectivity index (χ1) is 12.1. The van der Waals surface area contributed by atoms with Crippen LogP contribution in [0.5, 0.6) is 0 Å². The number of carbonyl (C=O) groups is 1. The molecule has 0 bridgehead atoms. The molecule has 3 aromatic rings. The van der Waals surface area contributed by atoms with Crippen LogP contribution in [-0.4, -0.2) is 38.2 Å². The normalized spacial score (nSPS) is 12.5. The number of aliphatic hydroxyl groups is 1. The van der Waals surface area contributed by atoms with Gasteiger partial charge in [0.2, 0.25) is 0 Å². The summed E-state index contributed by atoms with van der Waals surface area (Å²) >= 11 is 0. The predicted octanol–water partition coefficient (Wildman–Crippen LogP) is 2.56. The first kappa shape index (κ1) is 17.1. The number of hydrogen-bond donors (Lipinski definition) is 2. The predicted molar refractivity (Wildman–Crippen MR) is 96.7 cm³/mol. The fraction of sp³-hybridized carbons (Fsp3) is 0.316. The van der Waals surface area contributed by atoms with Crippen molar-refractivity contribution in [1.82, 2.24) is 19.9 Å². The van der Waals surface area contributed by atoms with E-state index in [1.165, 1.54) is 0 Å². The van der Waals surface area contributed by atoms with Crippen LogP contribution >= 0.6 is 0 Å². The van der Waals surface area contributed by atoms with E-state index in [2.05, 4.69) is 29.1 Å². The van der Waals surface area contributed by atoms with Crippen molar-refractivity contribution in [2.24, 2.45) is 5.92 Å². The number of hydrogen-bond acceptors (Lipinski definition) is 4. The van der Waals surface area contributed by atoms with E-state index in [4.69, 9.17) is 0 Å². The molecule has 2 N–H and O–H groups in total. The minimum absolute atomic E-state index is 0.0730. The summed E-state index contributed by atoms with van der Waals surface area (Å²) in [5.41, 5.74) is 2.32. The zero-order valence-corrected chi connectivity index (χ0v) is 14.4. The lowest BCUT2D eigenvalue weighted by Gasteiger charge is -2.18. The Hall–Kier alpha value is -2.73. The Labute approximate surface area is 146 Å². The van der Waals surface area contributed by atoms with Gasteiger partial charge in [0.25, 0.3) is 5.91 Å². The van der Waals surface area contributed by atoms with Crippen molar-refractivity contribution in [2.75, 3.05) is 6.61 Å². The highest BCUT2D eigenvalue weighted by Crippen LogP contribution is 2.16.